The van der Waals surface area contributed by atoms with E-state index in [1.165, 1.54) is 16.3 Å². The topological polar surface area (TPSA) is 49.8 Å². The molecule has 0 aromatic heterocycles. The summed E-state index contributed by atoms with van der Waals surface area (Å²) < 4.78 is 0. The van der Waals surface area contributed by atoms with Crippen molar-refractivity contribution in [2.24, 2.45) is 11.1 Å². The smallest absolute Gasteiger partial charge is 0.0710 e. The lowest BCUT2D eigenvalue weighted by Gasteiger charge is -2.24. The first kappa shape index (κ1) is 12.6. The number of rotatable bonds is 2. The minimum absolute atomic E-state index is 0.270. The third kappa shape index (κ3) is 2.23. The minimum atomic E-state index is -0.557. The Bertz CT molecular complexity index is 621. The van der Waals surface area contributed by atoms with Gasteiger partial charge in [0.15, 0.2) is 0 Å². The van der Waals surface area contributed by atoms with Gasteiger partial charge in [0, 0.05) is 6.04 Å². The summed E-state index contributed by atoms with van der Waals surface area (Å²) in [4.78, 5) is 0. The highest BCUT2D eigenvalue weighted by molar-refractivity contribution is 5.83. The standard InChI is InChI=1S/C16H18N2/c1-11-4-5-13-9-14(7-6-12(13)8-11)15(18)16(2,3)10-17/h4-9,15H,18H2,1-3H3. The number of nitrogens with zero attached hydrogens (tertiary/aromatic N) is 1. The maximum Gasteiger partial charge on any atom is 0.0710 e. The van der Waals surface area contributed by atoms with Crippen molar-refractivity contribution >= 4 is 10.8 Å². The maximum atomic E-state index is 9.15. The number of nitrogens with two attached hydrogens (primary N) is 1. The second-order valence-corrected chi connectivity index (χ2v) is 5.42. The fraction of sp³-hybridized carbons (Fsp3) is 0.312. The van der Waals surface area contributed by atoms with Crippen molar-refractivity contribution in [2.45, 2.75) is 26.8 Å². The van der Waals surface area contributed by atoms with Crippen molar-refractivity contribution in [2.75, 3.05) is 0 Å². The third-order valence-electron chi connectivity index (χ3n) is 3.44. The van der Waals surface area contributed by atoms with Gasteiger partial charge >= 0.3 is 0 Å². The first-order valence-electron chi connectivity index (χ1n) is 6.11. The molecule has 0 bridgehead atoms. The Morgan fingerprint density at radius 2 is 1.72 bits per heavy atom. The predicted molar refractivity (Wildman–Crippen MR) is 75.0 cm³/mol. The van der Waals surface area contributed by atoms with Gasteiger partial charge in [-0.3, -0.25) is 0 Å². The maximum absolute atomic E-state index is 9.15. The molecule has 1 atom stereocenters. The summed E-state index contributed by atoms with van der Waals surface area (Å²) >= 11 is 0. The van der Waals surface area contributed by atoms with Crippen LogP contribution in [0.15, 0.2) is 36.4 Å². The van der Waals surface area contributed by atoms with E-state index < -0.39 is 5.41 Å². The van der Waals surface area contributed by atoms with Crippen LogP contribution in [0.1, 0.15) is 31.0 Å². The highest BCUT2D eigenvalue weighted by Crippen LogP contribution is 2.32. The number of hydrogen-bond donors (Lipinski definition) is 1. The summed E-state index contributed by atoms with van der Waals surface area (Å²) in [6.45, 7) is 5.83. The van der Waals surface area contributed by atoms with E-state index in [4.69, 9.17) is 11.0 Å². The van der Waals surface area contributed by atoms with Crippen LogP contribution >= 0.6 is 0 Å². The molecular formula is C16H18N2. The molecule has 0 saturated heterocycles. The zero-order valence-electron chi connectivity index (χ0n) is 11.1. The average Bonchev–Trinajstić information content (AvgIpc) is 2.37. The highest BCUT2D eigenvalue weighted by Gasteiger charge is 2.27. The molecule has 0 heterocycles. The second-order valence-electron chi connectivity index (χ2n) is 5.42. The van der Waals surface area contributed by atoms with E-state index in [9.17, 15) is 0 Å². The van der Waals surface area contributed by atoms with Crippen LogP contribution in [0.4, 0.5) is 0 Å². The Hall–Kier alpha value is -1.85. The van der Waals surface area contributed by atoms with E-state index in [1.807, 2.05) is 19.9 Å². The van der Waals surface area contributed by atoms with Crippen molar-refractivity contribution in [3.8, 4) is 6.07 Å². The van der Waals surface area contributed by atoms with Gasteiger partial charge in [-0.1, -0.05) is 35.9 Å². The molecule has 2 nitrogen and oxygen atoms in total. The summed E-state index contributed by atoms with van der Waals surface area (Å²) in [5.41, 5.74) is 7.88. The van der Waals surface area contributed by atoms with Gasteiger partial charge in [-0.25, -0.2) is 0 Å². The van der Waals surface area contributed by atoms with Crippen LogP contribution in [0.3, 0.4) is 0 Å². The molecule has 0 saturated carbocycles. The third-order valence-corrected chi connectivity index (χ3v) is 3.44. The number of nitriles is 1. The van der Waals surface area contributed by atoms with Crippen LogP contribution in [0.25, 0.3) is 10.8 Å². The molecule has 2 aromatic carbocycles. The van der Waals surface area contributed by atoms with Gasteiger partial charge in [0.25, 0.3) is 0 Å². The monoisotopic (exact) mass is 238 g/mol. The Balaban J connectivity index is 2.48. The zero-order chi connectivity index (χ0) is 13.3. The molecule has 0 aliphatic carbocycles. The highest BCUT2D eigenvalue weighted by atomic mass is 14.7. The molecule has 1 unspecified atom stereocenters. The fourth-order valence-electron chi connectivity index (χ4n) is 2.06. The van der Waals surface area contributed by atoms with E-state index in [1.54, 1.807) is 0 Å². The first-order valence-corrected chi connectivity index (χ1v) is 6.11. The average molecular weight is 238 g/mol. The van der Waals surface area contributed by atoms with Crippen LogP contribution < -0.4 is 5.73 Å². The second kappa shape index (κ2) is 4.44. The van der Waals surface area contributed by atoms with Crippen LogP contribution in [-0.2, 0) is 0 Å². The molecule has 2 N–H and O–H groups in total. The zero-order valence-corrected chi connectivity index (χ0v) is 11.1. The van der Waals surface area contributed by atoms with Crippen molar-refractivity contribution in [3.63, 3.8) is 0 Å². The van der Waals surface area contributed by atoms with Gasteiger partial charge in [-0.05, 0) is 43.2 Å². The van der Waals surface area contributed by atoms with Gasteiger partial charge in [0.2, 0.25) is 0 Å². The molecule has 0 aliphatic rings. The van der Waals surface area contributed by atoms with Gasteiger partial charge in [-0.2, -0.15) is 5.26 Å². The van der Waals surface area contributed by atoms with Crippen molar-refractivity contribution in [1.82, 2.24) is 0 Å². The van der Waals surface area contributed by atoms with E-state index in [2.05, 4.69) is 43.3 Å². The normalized spacial score (nSPS) is 13.3. The number of benzene rings is 2. The van der Waals surface area contributed by atoms with E-state index in [0.29, 0.717) is 0 Å². The Kier molecular flexibility index (Phi) is 3.11. The number of fused-ring (bicyclic) bond motifs is 1. The van der Waals surface area contributed by atoms with Crippen LogP contribution in [0.2, 0.25) is 0 Å². The Morgan fingerprint density at radius 1 is 1.11 bits per heavy atom. The van der Waals surface area contributed by atoms with Crippen LogP contribution in [0, 0.1) is 23.7 Å². The molecule has 0 radical (unpaired) electrons. The minimum Gasteiger partial charge on any atom is -0.323 e. The molecule has 2 aromatic rings. The lowest BCUT2D eigenvalue weighted by molar-refractivity contribution is 0.394. The molecule has 2 heteroatoms. The quantitative estimate of drug-likeness (QED) is 0.867. The summed E-state index contributed by atoms with van der Waals surface area (Å²) in [6, 6.07) is 14.5. The lowest BCUT2D eigenvalue weighted by Crippen LogP contribution is -2.27. The molecule has 2 rings (SSSR count). The molecule has 18 heavy (non-hydrogen) atoms. The van der Waals surface area contributed by atoms with Gasteiger partial charge < -0.3 is 5.73 Å². The lowest BCUT2D eigenvalue weighted by atomic mass is 9.82. The SMILES string of the molecule is Cc1ccc2cc(C(N)C(C)(C)C#N)ccc2c1. The van der Waals surface area contributed by atoms with E-state index in [-0.39, 0.29) is 6.04 Å². The van der Waals surface area contributed by atoms with Crippen molar-refractivity contribution in [1.29, 1.82) is 5.26 Å². The van der Waals surface area contributed by atoms with Crippen LogP contribution in [-0.4, -0.2) is 0 Å². The van der Waals surface area contributed by atoms with Crippen LogP contribution in [0.5, 0.6) is 0 Å². The molecule has 0 amide bonds. The fourth-order valence-corrected chi connectivity index (χ4v) is 2.06. The summed E-state index contributed by atoms with van der Waals surface area (Å²) in [6.07, 6.45) is 0. The van der Waals surface area contributed by atoms with E-state index >= 15 is 0 Å². The largest absolute Gasteiger partial charge is 0.323 e. The van der Waals surface area contributed by atoms with Gasteiger partial charge in [-0.15, -0.1) is 0 Å². The van der Waals surface area contributed by atoms with Crippen molar-refractivity contribution in [3.05, 3.63) is 47.5 Å². The Labute approximate surface area is 108 Å². The predicted octanol–water partition coefficient (Wildman–Crippen LogP) is 3.70. The molecule has 0 fully saturated rings. The molecule has 0 aliphatic heterocycles. The number of hydrogen-bond acceptors (Lipinski definition) is 2. The van der Waals surface area contributed by atoms with Crippen molar-refractivity contribution < 1.29 is 0 Å². The summed E-state index contributed by atoms with van der Waals surface area (Å²) in [5.74, 6) is 0. The summed E-state index contributed by atoms with van der Waals surface area (Å²) in [5, 5.41) is 11.5. The van der Waals surface area contributed by atoms with E-state index in [0.717, 1.165) is 5.56 Å². The molecule has 92 valence electrons. The summed E-state index contributed by atoms with van der Waals surface area (Å²) in [7, 11) is 0. The molecular weight excluding hydrogens is 220 g/mol. The molecule has 0 spiro atoms. The Morgan fingerprint density at radius 3 is 2.39 bits per heavy atom. The van der Waals surface area contributed by atoms with Gasteiger partial charge in [0.05, 0.1) is 11.5 Å². The van der Waals surface area contributed by atoms with Gasteiger partial charge in [0.1, 0.15) is 0 Å². The number of aryl methyl sites for hydroxylation is 1. The first-order chi connectivity index (χ1) is 8.44.